The van der Waals surface area contributed by atoms with Crippen LogP contribution in [0.2, 0.25) is 0 Å². The standard InChI is InChI=1S/C17H18N2O5S2/c1-18-12-6-7-14(10-4-3-5-11(15(10)12)16(18)20)26(23,24)19(2)13(8-9-25)17(21)22/h3-7,13,25H,8-9H2,1-2H3,(H,21,22). The Labute approximate surface area is 156 Å². The van der Waals surface area contributed by atoms with Crippen LogP contribution < -0.4 is 4.90 Å². The zero-order valence-corrected chi connectivity index (χ0v) is 15.9. The lowest BCUT2D eigenvalue weighted by Crippen LogP contribution is -2.42. The molecule has 1 unspecified atom stereocenters. The Kier molecular flexibility index (Phi) is 4.72. The fourth-order valence-electron chi connectivity index (χ4n) is 3.24. The third-order valence-corrected chi connectivity index (χ3v) is 6.84. The van der Waals surface area contributed by atoms with Crippen molar-refractivity contribution >= 4 is 51.0 Å². The number of likely N-dealkylation sites (N-methyl/N-ethyl adjacent to an activating group) is 1. The number of carboxylic acid groups (broad SMARTS) is 1. The first kappa shape index (κ1) is 18.7. The molecule has 0 aromatic heterocycles. The van der Waals surface area contributed by atoms with Gasteiger partial charge in [-0.3, -0.25) is 9.59 Å². The molecule has 1 N–H and O–H groups in total. The maximum absolute atomic E-state index is 13.1. The Morgan fingerprint density at radius 3 is 2.62 bits per heavy atom. The van der Waals surface area contributed by atoms with Crippen LogP contribution in [0.1, 0.15) is 16.8 Å². The summed E-state index contributed by atoms with van der Waals surface area (Å²) in [6.07, 6.45) is 0.0800. The molecule has 2 aromatic carbocycles. The van der Waals surface area contributed by atoms with E-state index in [0.29, 0.717) is 22.0 Å². The SMILES string of the molecule is CN1C(=O)c2cccc3c(S(=O)(=O)N(C)C(CCS)C(=O)O)ccc1c23. The van der Waals surface area contributed by atoms with Gasteiger partial charge in [0.15, 0.2) is 0 Å². The van der Waals surface area contributed by atoms with Crippen molar-refractivity contribution in [1.29, 1.82) is 0 Å². The Bertz CT molecular complexity index is 1020. The van der Waals surface area contributed by atoms with Gasteiger partial charge < -0.3 is 10.0 Å². The van der Waals surface area contributed by atoms with Gasteiger partial charge in [-0.2, -0.15) is 16.9 Å². The zero-order valence-electron chi connectivity index (χ0n) is 14.2. The van der Waals surface area contributed by atoms with E-state index in [9.17, 15) is 23.1 Å². The normalized spacial score (nSPS) is 15.1. The molecule has 0 aliphatic carbocycles. The molecule has 7 nitrogen and oxygen atoms in total. The van der Waals surface area contributed by atoms with Crippen LogP contribution in [0.15, 0.2) is 35.2 Å². The quantitative estimate of drug-likeness (QED) is 0.729. The Morgan fingerprint density at radius 2 is 2.00 bits per heavy atom. The average molecular weight is 394 g/mol. The number of anilines is 1. The molecule has 1 amide bonds. The third kappa shape index (κ3) is 2.67. The summed E-state index contributed by atoms with van der Waals surface area (Å²) in [5.41, 5.74) is 1.07. The van der Waals surface area contributed by atoms with Crippen molar-refractivity contribution in [3.8, 4) is 0 Å². The first-order valence-electron chi connectivity index (χ1n) is 7.87. The maximum Gasteiger partial charge on any atom is 0.322 e. The zero-order chi connectivity index (χ0) is 19.2. The van der Waals surface area contributed by atoms with E-state index in [1.54, 1.807) is 31.3 Å². The van der Waals surface area contributed by atoms with Gasteiger partial charge in [0, 0.05) is 30.4 Å². The van der Waals surface area contributed by atoms with Crippen molar-refractivity contribution in [1.82, 2.24) is 4.31 Å². The monoisotopic (exact) mass is 394 g/mol. The number of rotatable bonds is 6. The maximum atomic E-state index is 13.1. The molecule has 3 rings (SSSR count). The smallest absolute Gasteiger partial charge is 0.322 e. The van der Waals surface area contributed by atoms with E-state index in [1.807, 2.05) is 0 Å². The van der Waals surface area contributed by atoms with Crippen LogP contribution in [0.3, 0.4) is 0 Å². The van der Waals surface area contributed by atoms with Crippen molar-refractivity contribution in [2.24, 2.45) is 0 Å². The Hall–Kier alpha value is -2.10. The first-order valence-corrected chi connectivity index (χ1v) is 9.94. The summed E-state index contributed by atoms with van der Waals surface area (Å²) in [4.78, 5) is 25.3. The number of nitrogens with zero attached hydrogens (tertiary/aromatic N) is 2. The molecular formula is C17H18N2O5S2. The summed E-state index contributed by atoms with van der Waals surface area (Å²) < 4.78 is 27.1. The minimum atomic E-state index is -4.08. The number of carbonyl (C=O) groups is 2. The van der Waals surface area contributed by atoms with Crippen molar-refractivity contribution in [3.05, 3.63) is 35.9 Å². The minimum absolute atomic E-state index is 0.0193. The van der Waals surface area contributed by atoms with Crippen molar-refractivity contribution < 1.29 is 23.1 Å². The summed E-state index contributed by atoms with van der Waals surface area (Å²) >= 11 is 4.02. The lowest BCUT2D eigenvalue weighted by atomic mass is 10.1. The molecule has 26 heavy (non-hydrogen) atoms. The highest BCUT2D eigenvalue weighted by Crippen LogP contribution is 2.40. The topological polar surface area (TPSA) is 95.0 Å². The van der Waals surface area contributed by atoms with Crippen molar-refractivity contribution in [2.75, 3.05) is 24.7 Å². The fraction of sp³-hybridized carbons (Fsp3) is 0.294. The third-order valence-electron chi connectivity index (χ3n) is 4.66. The summed E-state index contributed by atoms with van der Waals surface area (Å²) in [7, 11) is -1.21. The molecule has 138 valence electrons. The van der Waals surface area contributed by atoms with Gasteiger partial charge in [0.25, 0.3) is 5.91 Å². The second-order valence-electron chi connectivity index (χ2n) is 6.06. The van der Waals surface area contributed by atoms with Crippen LogP contribution in [-0.4, -0.2) is 55.6 Å². The predicted octanol–water partition coefficient (Wildman–Crippen LogP) is 1.82. The number of thiol groups is 1. The molecule has 0 spiro atoms. The second kappa shape index (κ2) is 6.57. The van der Waals surface area contributed by atoms with Gasteiger partial charge in [0.05, 0.1) is 10.6 Å². The molecule has 1 aliphatic rings. The molecule has 0 bridgehead atoms. The first-order chi connectivity index (χ1) is 12.2. The molecule has 0 saturated carbocycles. The number of benzene rings is 2. The van der Waals surface area contributed by atoms with Crippen LogP contribution in [0.5, 0.6) is 0 Å². The van der Waals surface area contributed by atoms with Gasteiger partial charge in [-0.05, 0) is 30.4 Å². The number of amides is 1. The molecule has 1 aliphatic heterocycles. The molecule has 0 saturated heterocycles. The summed E-state index contributed by atoms with van der Waals surface area (Å²) in [6.45, 7) is 0. The number of sulfonamides is 1. The number of hydrogen-bond acceptors (Lipinski definition) is 5. The highest BCUT2D eigenvalue weighted by molar-refractivity contribution is 7.89. The van der Waals surface area contributed by atoms with Crippen LogP contribution >= 0.6 is 12.6 Å². The number of aliphatic carboxylic acids is 1. The van der Waals surface area contributed by atoms with E-state index in [2.05, 4.69) is 12.6 Å². The van der Waals surface area contributed by atoms with E-state index < -0.39 is 22.0 Å². The van der Waals surface area contributed by atoms with Crippen molar-refractivity contribution in [2.45, 2.75) is 17.4 Å². The summed E-state index contributed by atoms with van der Waals surface area (Å²) in [5, 5.41) is 10.3. The van der Waals surface area contributed by atoms with Crippen LogP contribution in [0, 0.1) is 0 Å². The average Bonchev–Trinajstić information content (AvgIpc) is 2.86. The Balaban J connectivity index is 2.20. The highest BCUT2D eigenvalue weighted by atomic mass is 32.2. The van der Waals surface area contributed by atoms with Gasteiger partial charge in [0.2, 0.25) is 10.0 Å². The fourth-order valence-corrected chi connectivity index (χ4v) is 5.01. The van der Waals surface area contributed by atoms with Crippen molar-refractivity contribution in [3.63, 3.8) is 0 Å². The number of hydrogen-bond donors (Lipinski definition) is 2. The van der Waals surface area contributed by atoms with Crippen LogP contribution in [-0.2, 0) is 14.8 Å². The van der Waals surface area contributed by atoms with Gasteiger partial charge in [-0.1, -0.05) is 12.1 Å². The van der Waals surface area contributed by atoms with E-state index >= 15 is 0 Å². The largest absolute Gasteiger partial charge is 0.480 e. The summed E-state index contributed by atoms with van der Waals surface area (Å²) in [5.74, 6) is -1.20. The van der Waals surface area contributed by atoms with Crippen LogP contribution in [0.25, 0.3) is 10.8 Å². The van der Waals surface area contributed by atoms with Gasteiger partial charge >= 0.3 is 5.97 Å². The van der Waals surface area contributed by atoms with Crippen LogP contribution in [0.4, 0.5) is 5.69 Å². The molecule has 9 heteroatoms. The molecule has 0 radical (unpaired) electrons. The lowest BCUT2D eigenvalue weighted by molar-refractivity contribution is -0.141. The van der Waals surface area contributed by atoms with E-state index in [-0.39, 0.29) is 23.0 Å². The van der Waals surface area contributed by atoms with Gasteiger partial charge in [-0.25, -0.2) is 8.42 Å². The molecule has 1 atom stereocenters. The van der Waals surface area contributed by atoms with E-state index in [1.165, 1.54) is 18.0 Å². The lowest BCUT2D eigenvalue weighted by Gasteiger charge is -2.24. The molecular weight excluding hydrogens is 376 g/mol. The number of carbonyl (C=O) groups excluding carboxylic acids is 1. The minimum Gasteiger partial charge on any atom is -0.480 e. The van der Waals surface area contributed by atoms with E-state index in [0.717, 1.165) is 4.31 Å². The second-order valence-corrected chi connectivity index (χ2v) is 8.48. The number of carboxylic acids is 1. The summed E-state index contributed by atoms with van der Waals surface area (Å²) in [6, 6.07) is 6.68. The van der Waals surface area contributed by atoms with Gasteiger partial charge in [-0.15, -0.1) is 0 Å². The van der Waals surface area contributed by atoms with E-state index in [4.69, 9.17) is 0 Å². The Morgan fingerprint density at radius 1 is 1.31 bits per heavy atom. The molecule has 1 heterocycles. The molecule has 0 fully saturated rings. The van der Waals surface area contributed by atoms with Gasteiger partial charge in [0.1, 0.15) is 6.04 Å². The highest BCUT2D eigenvalue weighted by Gasteiger charge is 2.35. The molecule has 2 aromatic rings. The predicted molar refractivity (Wildman–Crippen MR) is 102 cm³/mol.